The molecule has 0 aromatic carbocycles. The van der Waals surface area contributed by atoms with Gasteiger partial charge in [-0.1, -0.05) is 5.16 Å². The predicted molar refractivity (Wildman–Crippen MR) is 117 cm³/mol. The topological polar surface area (TPSA) is 95.0 Å². The molecule has 8 heteroatoms. The fourth-order valence-electron chi connectivity index (χ4n) is 4.55. The average Bonchev–Trinajstić information content (AvgIpc) is 3.51. The van der Waals surface area contributed by atoms with Crippen molar-refractivity contribution in [2.75, 3.05) is 36.0 Å². The Balaban J connectivity index is 1.43. The summed E-state index contributed by atoms with van der Waals surface area (Å²) < 4.78 is 5.57. The van der Waals surface area contributed by atoms with Crippen LogP contribution in [0.25, 0.3) is 11.3 Å². The number of aryl methyl sites for hydroxylation is 1. The molecule has 31 heavy (non-hydrogen) atoms. The molecule has 0 bridgehead atoms. The van der Waals surface area contributed by atoms with E-state index >= 15 is 0 Å². The number of nitriles is 1. The summed E-state index contributed by atoms with van der Waals surface area (Å²) in [6, 6.07) is 7.83. The van der Waals surface area contributed by atoms with Gasteiger partial charge in [-0.25, -0.2) is 15.0 Å². The third-order valence-corrected chi connectivity index (χ3v) is 6.18. The molecule has 8 nitrogen and oxygen atoms in total. The van der Waals surface area contributed by atoms with Crippen LogP contribution >= 0.6 is 0 Å². The molecular weight excluding hydrogens is 390 g/mol. The normalized spacial score (nSPS) is 17.2. The number of hydrogen-bond donors (Lipinski definition) is 0. The highest BCUT2D eigenvalue weighted by atomic mass is 16.5. The molecule has 0 aliphatic carbocycles. The van der Waals surface area contributed by atoms with Gasteiger partial charge in [-0.05, 0) is 44.7 Å². The van der Waals surface area contributed by atoms with Crippen molar-refractivity contribution in [1.29, 1.82) is 5.26 Å². The lowest BCUT2D eigenvalue weighted by Gasteiger charge is -2.33. The van der Waals surface area contributed by atoms with Crippen LogP contribution < -0.4 is 9.80 Å². The van der Waals surface area contributed by atoms with E-state index in [0.717, 1.165) is 73.5 Å². The Bertz CT molecular complexity index is 1110. The highest BCUT2D eigenvalue weighted by molar-refractivity contribution is 5.62. The van der Waals surface area contributed by atoms with Gasteiger partial charge in [0.25, 0.3) is 0 Å². The van der Waals surface area contributed by atoms with Crippen molar-refractivity contribution in [3.63, 3.8) is 0 Å². The number of aromatic nitrogens is 4. The summed E-state index contributed by atoms with van der Waals surface area (Å²) in [5.74, 6) is 2.59. The standard InChI is InChI=1S/C23H25N7O/c1-16-13-20(31-28-16)19-15-26-23(30-9-2-3-10-30)27-21(19)17-6-11-29(12-7-17)22-18(14-24)5-4-8-25-22/h4-5,8,13,15,17H,2-3,6-7,9-12H2,1H3. The van der Waals surface area contributed by atoms with E-state index in [-0.39, 0.29) is 5.92 Å². The number of anilines is 2. The van der Waals surface area contributed by atoms with Gasteiger partial charge in [-0.3, -0.25) is 0 Å². The van der Waals surface area contributed by atoms with Crippen LogP contribution in [0.1, 0.15) is 48.6 Å². The van der Waals surface area contributed by atoms with E-state index in [2.05, 4.69) is 31.0 Å². The molecular formula is C23H25N7O. The highest BCUT2D eigenvalue weighted by Crippen LogP contribution is 2.36. The quantitative estimate of drug-likeness (QED) is 0.637. The first kappa shape index (κ1) is 19.5. The van der Waals surface area contributed by atoms with Gasteiger partial charge in [0.15, 0.2) is 5.76 Å². The van der Waals surface area contributed by atoms with Crippen LogP contribution in [-0.4, -0.2) is 46.3 Å². The first-order valence-corrected chi connectivity index (χ1v) is 10.9. The van der Waals surface area contributed by atoms with Gasteiger partial charge in [0.1, 0.15) is 11.9 Å². The van der Waals surface area contributed by atoms with Crippen LogP contribution in [0, 0.1) is 18.3 Å². The molecule has 0 radical (unpaired) electrons. The molecule has 0 atom stereocenters. The maximum absolute atomic E-state index is 9.42. The zero-order chi connectivity index (χ0) is 21.2. The van der Waals surface area contributed by atoms with E-state index in [1.807, 2.05) is 25.3 Å². The molecule has 2 saturated heterocycles. The van der Waals surface area contributed by atoms with Gasteiger partial charge in [-0.15, -0.1) is 0 Å². The minimum atomic E-state index is 0.287. The Hall–Kier alpha value is -3.47. The second-order valence-corrected chi connectivity index (χ2v) is 8.24. The summed E-state index contributed by atoms with van der Waals surface area (Å²) >= 11 is 0. The number of pyridine rings is 1. The van der Waals surface area contributed by atoms with E-state index in [4.69, 9.17) is 9.51 Å². The molecule has 0 unspecified atom stereocenters. The van der Waals surface area contributed by atoms with Crippen molar-refractivity contribution < 1.29 is 4.52 Å². The number of hydrogen-bond acceptors (Lipinski definition) is 8. The van der Waals surface area contributed by atoms with Gasteiger partial charge in [-0.2, -0.15) is 5.26 Å². The molecule has 2 aliphatic rings. The molecule has 3 aromatic heterocycles. The lowest BCUT2D eigenvalue weighted by atomic mass is 9.90. The Labute approximate surface area is 181 Å². The lowest BCUT2D eigenvalue weighted by Crippen LogP contribution is -2.34. The Kier molecular flexibility index (Phi) is 5.24. The predicted octanol–water partition coefficient (Wildman–Crippen LogP) is 3.69. The van der Waals surface area contributed by atoms with Gasteiger partial charge in [0, 0.05) is 50.6 Å². The maximum atomic E-state index is 9.42. The van der Waals surface area contributed by atoms with Crippen molar-refractivity contribution in [3.05, 3.63) is 47.5 Å². The summed E-state index contributed by atoms with van der Waals surface area (Å²) in [6.07, 6.45) is 7.88. The summed E-state index contributed by atoms with van der Waals surface area (Å²) in [6.45, 7) is 5.59. The molecule has 158 valence electrons. The minimum absolute atomic E-state index is 0.287. The number of piperidine rings is 1. The summed E-state index contributed by atoms with van der Waals surface area (Å²) in [7, 11) is 0. The van der Waals surface area contributed by atoms with Crippen molar-refractivity contribution in [1.82, 2.24) is 20.1 Å². The molecule has 2 aliphatic heterocycles. The maximum Gasteiger partial charge on any atom is 0.225 e. The second kappa shape index (κ2) is 8.34. The smallest absolute Gasteiger partial charge is 0.225 e. The van der Waals surface area contributed by atoms with Crippen molar-refractivity contribution >= 4 is 11.8 Å². The molecule has 0 amide bonds. The highest BCUT2D eigenvalue weighted by Gasteiger charge is 2.28. The third kappa shape index (κ3) is 3.83. The lowest BCUT2D eigenvalue weighted by molar-refractivity contribution is 0.424. The second-order valence-electron chi connectivity index (χ2n) is 8.24. The minimum Gasteiger partial charge on any atom is -0.356 e. The van der Waals surface area contributed by atoms with Crippen LogP contribution in [0.5, 0.6) is 0 Å². The zero-order valence-electron chi connectivity index (χ0n) is 17.7. The van der Waals surface area contributed by atoms with Gasteiger partial charge in [0.05, 0.1) is 22.5 Å². The SMILES string of the molecule is Cc1cc(-c2cnc(N3CCCC3)nc2C2CCN(c3ncccc3C#N)CC2)on1. The van der Waals surface area contributed by atoms with E-state index < -0.39 is 0 Å². The molecule has 5 rings (SSSR count). The Morgan fingerprint density at radius 3 is 2.61 bits per heavy atom. The van der Waals surface area contributed by atoms with Gasteiger partial charge >= 0.3 is 0 Å². The van der Waals surface area contributed by atoms with Crippen molar-refractivity contribution in [2.45, 2.75) is 38.5 Å². The zero-order valence-corrected chi connectivity index (χ0v) is 17.7. The van der Waals surface area contributed by atoms with Crippen molar-refractivity contribution in [3.8, 4) is 17.4 Å². The van der Waals surface area contributed by atoms with Crippen LogP contribution in [0.2, 0.25) is 0 Å². The monoisotopic (exact) mass is 415 g/mol. The summed E-state index contributed by atoms with van der Waals surface area (Å²) in [4.78, 5) is 18.6. The van der Waals surface area contributed by atoms with Crippen molar-refractivity contribution in [2.24, 2.45) is 0 Å². The Morgan fingerprint density at radius 1 is 1.10 bits per heavy atom. The van der Waals surface area contributed by atoms with E-state index in [0.29, 0.717) is 5.56 Å². The average molecular weight is 416 g/mol. The molecule has 3 aromatic rings. The first-order valence-electron chi connectivity index (χ1n) is 10.9. The fraction of sp³-hybridized carbons (Fsp3) is 0.435. The number of nitrogens with zero attached hydrogens (tertiary/aromatic N) is 7. The molecule has 2 fully saturated rings. The van der Waals surface area contributed by atoms with Crippen LogP contribution in [0.3, 0.4) is 0 Å². The van der Waals surface area contributed by atoms with E-state index in [9.17, 15) is 5.26 Å². The van der Waals surface area contributed by atoms with Crippen LogP contribution in [-0.2, 0) is 0 Å². The summed E-state index contributed by atoms with van der Waals surface area (Å²) in [5, 5.41) is 13.5. The van der Waals surface area contributed by atoms with E-state index in [1.165, 1.54) is 12.8 Å². The molecule has 5 heterocycles. The molecule has 0 saturated carbocycles. The molecule has 0 N–H and O–H groups in total. The van der Waals surface area contributed by atoms with Gasteiger partial charge in [0.2, 0.25) is 5.95 Å². The van der Waals surface area contributed by atoms with Gasteiger partial charge < -0.3 is 14.3 Å². The first-order chi connectivity index (χ1) is 15.2. The molecule has 0 spiro atoms. The largest absolute Gasteiger partial charge is 0.356 e. The van der Waals surface area contributed by atoms with Crippen LogP contribution in [0.4, 0.5) is 11.8 Å². The van der Waals surface area contributed by atoms with E-state index in [1.54, 1.807) is 12.3 Å². The van der Waals surface area contributed by atoms with Crippen LogP contribution in [0.15, 0.2) is 35.1 Å². The third-order valence-electron chi connectivity index (χ3n) is 6.18. The fourth-order valence-corrected chi connectivity index (χ4v) is 4.55. The number of rotatable bonds is 4. The summed E-state index contributed by atoms with van der Waals surface area (Å²) in [5.41, 5.74) is 3.43. The Morgan fingerprint density at radius 2 is 1.90 bits per heavy atom.